The van der Waals surface area contributed by atoms with Gasteiger partial charge in [0.2, 0.25) is 0 Å². The Balaban J connectivity index is 2.03. The van der Waals surface area contributed by atoms with Crippen LogP contribution in [0.2, 0.25) is 0 Å². The number of nitrogens with two attached hydrogens (primary N) is 1. The lowest BCUT2D eigenvalue weighted by atomic mass is 9.97. The van der Waals surface area contributed by atoms with Gasteiger partial charge in [0.05, 0.1) is 12.5 Å². The molecule has 2 rings (SSSR count). The second kappa shape index (κ2) is 6.07. The fraction of sp³-hybridized carbons (Fsp3) is 0.615. The maximum atomic E-state index is 12.8. The van der Waals surface area contributed by atoms with Crippen LogP contribution in [0, 0.1) is 12.8 Å². The molecule has 1 amide bonds. The first-order chi connectivity index (χ1) is 9.81. The fourth-order valence-corrected chi connectivity index (χ4v) is 2.60. The van der Waals surface area contributed by atoms with Crippen LogP contribution in [0.15, 0.2) is 10.5 Å². The first kappa shape index (κ1) is 15.8. The minimum absolute atomic E-state index is 0.0400. The van der Waals surface area contributed by atoms with E-state index in [-0.39, 0.29) is 25.3 Å². The first-order valence-electron chi connectivity index (χ1n) is 6.70. The molecule has 8 heteroatoms. The van der Waals surface area contributed by atoms with Crippen LogP contribution in [-0.2, 0) is 6.54 Å². The largest absolute Gasteiger partial charge is 0.454 e. The number of carbonyl (C=O) groups is 1. The van der Waals surface area contributed by atoms with E-state index in [1.807, 2.05) is 5.43 Å². The van der Waals surface area contributed by atoms with Crippen LogP contribution in [-0.4, -0.2) is 30.1 Å². The first-order valence-corrected chi connectivity index (χ1v) is 6.70. The van der Waals surface area contributed by atoms with Crippen molar-refractivity contribution >= 4 is 5.91 Å². The zero-order valence-electron chi connectivity index (χ0n) is 11.7. The molecular formula is C13H18F3N3O2. The molecule has 1 unspecified atom stereocenters. The Morgan fingerprint density at radius 2 is 2.29 bits per heavy atom. The number of rotatable bonds is 3. The van der Waals surface area contributed by atoms with Gasteiger partial charge in [-0.15, -0.1) is 0 Å². The van der Waals surface area contributed by atoms with E-state index in [1.165, 1.54) is 0 Å². The molecule has 0 spiro atoms. The Hall–Kier alpha value is -1.54. The smallest absolute Gasteiger partial charge is 0.393 e. The number of halogens is 3. The molecule has 1 aliphatic rings. The summed E-state index contributed by atoms with van der Waals surface area (Å²) < 4.78 is 43.6. The number of carbonyl (C=O) groups excluding carboxylic acids is 1. The molecule has 3 N–H and O–H groups in total. The van der Waals surface area contributed by atoms with Crippen molar-refractivity contribution in [2.24, 2.45) is 11.8 Å². The maximum Gasteiger partial charge on any atom is 0.393 e. The van der Waals surface area contributed by atoms with Crippen molar-refractivity contribution in [2.45, 2.75) is 32.5 Å². The van der Waals surface area contributed by atoms with Crippen LogP contribution in [0.5, 0.6) is 0 Å². The lowest BCUT2D eigenvalue weighted by Gasteiger charge is -2.33. The molecule has 2 heterocycles. The lowest BCUT2D eigenvalue weighted by Crippen LogP contribution is -2.41. The van der Waals surface area contributed by atoms with Gasteiger partial charge in [-0.1, -0.05) is 0 Å². The Bertz CT molecular complexity index is 513. The maximum absolute atomic E-state index is 12.8. The van der Waals surface area contributed by atoms with Gasteiger partial charge < -0.3 is 4.42 Å². The normalized spacial score (nSPS) is 20.5. The molecule has 118 valence electrons. The number of nitrogens with one attached hydrogen (secondary N) is 1. The highest BCUT2D eigenvalue weighted by Crippen LogP contribution is 2.33. The highest BCUT2D eigenvalue weighted by molar-refractivity contribution is 5.92. The van der Waals surface area contributed by atoms with Crippen LogP contribution in [0.1, 0.15) is 34.7 Å². The van der Waals surface area contributed by atoms with Crippen molar-refractivity contribution in [3.8, 4) is 0 Å². The summed E-state index contributed by atoms with van der Waals surface area (Å²) >= 11 is 0. The predicted molar refractivity (Wildman–Crippen MR) is 69.2 cm³/mol. The van der Waals surface area contributed by atoms with Crippen LogP contribution in [0.25, 0.3) is 0 Å². The highest BCUT2D eigenvalue weighted by atomic mass is 19.4. The lowest BCUT2D eigenvalue weighted by molar-refractivity contribution is -0.187. The minimum Gasteiger partial charge on any atom is -0.454 e. The topological polar surface area (TPSA) is 71.5 Å². The molecule has 1 aliphatic heterocycles. The summed E-state index contributed by atoms with van der Waals surface area (Å²) in [5, 5.41) is 0. The third kappa shape index (κ3) is 3.76. The number of hydrogen-bond acceptors (Lipinski definition) is 4. The summed E-state index contributed by atoms with van der Waals surface area (Å²) in [7, 11) is 0. The van der Waals surface area contributed by atoms with Gasteiger partial charge in [0.1, 0.15) is 5.76 Å². The van der Waals surface area contributed by atoms with E-state index in [0.717, 1.165) is 0 Å². The average Bonchev–Trinajstić information content (AvgIpc) is 2.78. The van der Waals surface area contributed by atoms with Gasteiger partial charge in [-0.3, -0.25) is 15.1 Å². The number of furan rings is 1. The number of nitrogen functional groups attached to an aromatic ring is 1. The van der Waals surface area contributed by atoms with Crippen LogP contribution in [0.4, 0.5) is 13.2 Å². The Kier molecular flexibility index (Phi) is 4.58. The molecule has 5 nitrogen and oxygen atoms in total. The zero-order valence-corrected chi connectivity index (χ0v) is 11.7. The van der Waals surface area contributed by atoms with Gasteiger partial charge in [-0.25, -0.2) is 5.84 Å². The number of piperidine rings is 1. The Morgan fingerprint density at radius 3 is 2.90 bits per heavy atom. The monoisotopic (exact) mass is 305 g/mol. The molecule has 1 saturated heterocycles. The molecule has 1 aromatic rings. The number of amides is 1. The van der Waals surface area contributed by atoms with Gasteiger partial charge >= 0.3 is 12.1 Å². The summed E-state index contributed by atoms with van der Waals surface area (Å²) in [4.78, 5) is 13.1. The van der Waals surface area contributed by atoms with Gasteiger partial charge in [0.25, 0.3) is 0 Å². The molecule has 0 radical (unpaired) electrons. The number of aryl methyl sites for hydroxylation is 1. The molecule has 0 saturated carbocycles. The molecule has 0 aliphatic carbocycles. The summed E-state index contributed by atoms with van der Waals surface area (Å²) in [5.41, 5.74) is 2.58. The molecule has 0 aromatic carbocycles. The van der Waals surface area contributed by atoms with E-state index < -0.39 is 18.0 Å². The van der Waals surface area contributed by atoms with Gasteiger partial charge in [-0.2, -0.15) is 13.2 Å². The van der Waals surface area contributed by atoms with E-state index >= 15 is 0 Å². The summed E-state index contributed by atoms with van der Waals surface area (Å²) in [6.45, 7) is 2.49. The standard InChI is InChI=1S/C13H18F3N3O2/c1-8-5-10(21-11(8)12(20)18-17)7-19-4-2-3-9(6-19)13(14,15)16/h5,9H,2-4,6-7,17H2,1H3,(H,18,20). The van der Waals surface area contributed by atoms with Crippen molar-refractivity contribution in [1.29, 1.82) is 0 Å². The predicted octanol–water partition coefficient (Wildman–Crippen LogP) is 1.97. The number of alkyl halides is 3. The molecule has 1 aromatic heterocycles. The van der Waals surface area contributed by atoms with E-state index in [1.54, 1.807) is 17.9 Å². The van der Waals surface area contributed by atoms with Crippen LogP contribution in [0.3, 0.4) is 0 Å². The van der Waals surface area contributed by atoms with Crippen molar-refractivity contribution in [2.75, 3.05) is 13.1 Å². The third-order valence-corrected chi connectivity index (χ3v) is 3.65. The number of hydrazine groups is 1. The minimum atomic E-state index is -4.16. The van der Waals surface area contributed by atoms with E-state index in [0.29, 0.717) is 24.3 Å². The van der Waals surface area contributed by atoms with Crippen molar-refractivity contribution < 1.29 is 22.4 Å². The van der Waals surface area contributed by atoms with Gasteiger partial charge in [0, 0.05) is 12.1 Å². The van der Waals surface area contributed by atoms with Crippen LogP contribution >= 0.6 is 0 Å². The summed E-state index contributed by atoms with van der Waals surface area (Å²) in [6.07, 6.45) is -3.50. The van der Waals surface area contributed by atoms with Crippen molar-refractivity contribution in [1.82, 2.24) is 10.3 Å². The second-order valence-corrected chi connectivity index (χ2v) is 5.31. The molecular weight excluding hydrogens is 287 g/mol. The average molecular weight is 305 g/mol. The van der Waals surface area contributed by atoms with E-state index in [2.05, 4.69) is 0 Å². The quantitative estimate of drug-likeness (QED) is 0.509. The van der Waals surface area contributed by atoms with Crippen LogP contribution < -0.4 is 11.3 Å². The van der Waals surface area contributed by atoms with Gasteiger partial charge in [0.15, 0.2) is 5.76 Å². The fourth-order valence-electron chi connectivity index (χ4n) is 2.60. The molecule has 21 heavy (non-hydrogen) atoms. The van der Waals surface area contributed by atoms with E-state index in [9.17, 15) is 18.0 Å². The molecule has 1 fully saturated rings. The number of nitrogens with zero attached hydrogens (tertiary/aromatic N) is 1. The highest BCUT2D eigenvalue weighted by Gasteiger charge is 2.41. The summed E-state index contributed by atoms with van der Waals surface area (Å²) in [6, 6.07) is 1.65. The number of likely N-dealkylation sites (tertiary alicyclic amines) is 1. The van der Waals surface area contributed by atoms with Gasteiger partial charge in [-0.05, 0) is 32.4 Å². The molecule has 1 atom stereocenters. The van der Waals surface area contributed by atoms with Crippen molar-refractivity contribution in [3.63, 3.8) is 0 Å². The third-order valence-electron chi connectivity index (χ3n) is 3.65. The Labute approximate surface area is 120 Å². The Morgan fingerprint density at radius 1 is 1.57 bits per heavy atom. The molecule has 0 bridgehead atoms. The number of hydrogen-bond donors (Lipinski definition) is 2. The zero-order chi connectivity index (χ0) is 15.6. The van der Waals surface area contributed by atoms with E-state index in [4.69, 9.17) is 10.3 Å². The SMILES string of the molecule is Cc1cc(CN2CCCC(C(F)(F)F)C2)oc1C(=O)NN. The summed E-state index contributed by atoms with van der Waals surface area (Å²) in [5.74, 6) is 3.75. The van der Waals surface area contributed by atoms with Crippen molar-refractivity contribution in [3.05, 3.63) is 23.2 Å². The second-order valence-electron chi connectivity index (χ2n) is 5.31.